The van der Waals surface area contributed by atoms with Gasteiger partial charge in [-0.3, -0.25) is 4.98 Å². The van der Waals surface area contributed by atoms with Gasteiger partial charge in [0.2, 0.25) is 0 Å². The number of pyridine rings is 1. The lowest BCUT2D eigenvalue weighted by atomic mass is 10.1. The van der Waals surface area contributed by atoms with Crippen molar-refractivity contribution in [1.82, 2.24) is 4.98 Å². The van der Waals surface area contributed by atoms with Gasteiger partial charge in [0.05, 0.1) is 0 Å². The van der Waals surface area contributed by atoms with Gasteiger partial charge in [0.15, 0.2) is 0 Å². The molecule has 0 aliphatic heterocycles. The molecule has 0 saturated heterocycles. The zero-order chi connectivity index (χ0) is 11.8. The van der Waals surface area contributed by atoms with Crippen molar-refractivity contribution < 1.29 is 4.39 Å². The van der Waals surface area contributed by atoms with Gasteiger partial charge >= 0.3 is 0 Å². The van der Waals surface area contributed by atoms with Gasteiger partial charge in [-0.25, -0.2) is 4.39 Å². The first-order valence-electron chi connectivity index (χ1n) is 5.65. The normalized spacial score (nSPS) is 14.9. The number of nitrogens with zero attached hydrogens (tertiary/aromatic N) is 1. The summed E-state index contributed by atoms with van der Waals surface area (Å²) in [5.41, 5.74) is 2.55. The Hall–Kier alpha value is -1.22. The van der Waals surface area contributed by atoms with Gasteiger partial charge in [-0.05, 0) is 37.1 Å². The predicted octanol–water partition coefficient (Wildman–Crippen LogP) is 4.53. The van der Waals surface area contributed by atoms with Crippen molar-refractivity contribution in [3.63, 3.8) is 0 Å². The van der Waals surface area contributed by atoms with Crippen molar-refractivity contribution in [3.05, 3.63) is 52.5 Å². The summed E-state index contributed by atoms with van der Waals surface area (Å²) in [6, 6.07) is 8.90. The Labute approximate surface area is 108 Å². The molecule has 3 rings (SSSR count). The highest BCUT2D eigenvalue weighted by Gasteiger charge is 2.24. The summed E-state index contributed by atoms with van der Waals surface area (Å²) in [4.78, 5) is 4.41. The quantitative estimate of drug-likeness (QED) is 0.792. The Morgan fingerprint density at radius 1 is 1.18 bits per heavy atom. The maximum atomic E-state index is 13.7. The molecule has 0 atom stereocenters. The molecule has 0 amide bonds. The number of aromatic nitrogens is 1. The van der Waals surface area contributed by atoms with E-state index in [1.807, 2.05) is 12.1 Å². The highest BCUT2D eigenvalue weighted by molar-refractivity contribution is 9.10. The molecule has 0 spiro atoms. The molecule has 3 heteroatoms. The van der Waals surface area contributed by atoms with Gasteiger partial charge in [-0.1, -0.05) is 22.0 Å². The van der Waals surface area contributed by atoms with Crippen LogP contribution in [0.3, 0.4) is 0 Å². The Morgan fingerprint density at radius 2 is 2.00 bits per heavy atom. The van der Waals surface area contributed by atoms with Gasteiger partial charge in [0, 0.05) is 33.4 Å². The van der Waals surface area contributed by atoms with Crippen LogP contribution >= 0.6 is 15.9 Å². The Balaban J connectivity index is 1.99. The average molecular weight is 292 g/mol. The summed E-state index contributed by atoms with van der Waals surface area (Å²) in [6.07, 6.45) is 4.23. The molecule has 86 valence electrons. The van der Waals surface area contributed by atoms with Crippen LogP contribution in [0.15, 0.2) is 41.0 Å². The second-order valence-corrected chi connectivity index (χ2v) is 5.29. The number of halogens is 2. The third-order valence-electron chi connectivity index (χ3n) is 3.02. The number of hydrogen-bond acceptors (Lipinski definition) is 1. The van der Waals surface area contributed by atoms with Gasteiger partial charge < -0.3 is 0 Å². The Bertz CT molecular complexity index is 547. The second-order valence-electron chi connectivity index (χ2n) is 4.37. The number of benzene rings is 1. The summed E-state index contributed by atoms with van der Waals surface area (Å²) in [6.45, 7) is 0. The monoisotopic (exact) mass is 291 g/mol. The lowest BCUT2D eigenvalue weighted by Crippen LogP contribution is -1.89. The molecule has 0 N–H and O–H groups in total. The molecule has 1 fully saturated rings. The van der Waals surface area contributed by atoms with Crippen molar-refractivity contribution in [2.24, 2.45) is 0 Å². The third kappa shape index (κ3) is 2.25. The molecule has 0 unspecified atom stereocenters. The van der Waals surface area contributed by atoms with E-state index in [4.69, 9.17) is 0 Å². The summed E-state index contributed by atoms with van der Waals surface area (Å²) in [5.74, 6) is 0.422. The number of rotatable bonds is 2. The van der Waals surface area contributed by atoms with E-state index >= 15 is 0 Å². The van der Waals surface area contributed by atoms with Crippen LogP contribution < -0.4 is 0 Å². The summed E-state index contributed by atoms with van der Waals surface area (Å²) >= 11 is 3.35. The van der Waals surface area contributed by atoms with Crippen molar-refractivity contribution in [1.29, 1.82) is 0 Å². The van der Waals surface area contributed by atoms with E-state index in [-0.39, 0.29) is 5.82 Å². The molecule has 1 aliphatic carbocycles. The van der Waals surface area contributed by atoms with E-state index < -0.39 is 0 Å². The largest absolute Gasteiger partial charge is 0.260 e. The molecule has 0 radical (unpaired) electrons. The first-order chi connectivity index (χ1) is 8.24. The topological polar surface area (TPSA) is 12.9 Å². The molecule has 0 bridgehead atoms. The van der Waals surface area contributed by atoms with Gasteiger partial charge in [0.25, 0.3) is 0 Å². The molecule has 17 heavy (non-hydrogen) atoms. The standard InChI is InChI=1S/C14H11BrFN/c15-11-4-5-13(16)12(7-11)10-3-6-14(17-8-10)9-1-2-9/h3-9H,1-2H2. The maximum Gasteiger partial charge on any atom is 0.131 e. The van der Waals surface area contributed by atoms with Crippen molar-refractivity contribution in [2.45, 2.75) is 18.8 Å². The highest BCUT2D eigenvalue weighted by atomic mass is 79.9. The van der Waals surface area contributed by atoms with Crippen LogP contribution in [0.2, 0.25) is 0 Å². The maximum absolute atomic E-state index is 13.7. The minimum atomic E-state index is -0.214. The summed E-state index contributed by atoms with van der Waals surface area (Å²) in [7, 11) is 0. The van der Waals surface area contributed by atoms with Crippen LogP contribution in [0.4, 0.5) is 4.39 Å². The molecular weight excluding hydrogens is 281 g/mol. The van der Waals surface area contributed by atoms with Crippen molar-refractivity contribution in [2.75, 3.05) is 0 Å². The fourth-order valence-corrected chi connectivity index (χ4v) is 2.27. The van der Waals surface area contributed by atoms with Crippen LogP contribution in [0.5, 0.6) is 0 Å². The van der Waals surface area contributed by atoms with E-state index in [1.165, 1.54) is 18.9 Å². The van der Waals surface area contributed by atoms with E-state index in [0.717, 1.165) is 15.7 Å². The van der Waals surface area contributed by atoms with Gasteiger partial charge in [0.1, 0.15) is 5.82 Å². The molecule has 1 aliphatic rings. The smallest absolute Gasteiger partial charge is 0.131 e. The van der Waals surface area contributed by atoms with Crippen LogP contribution in [-0.4, -0.2) is 4.98 Å². The summed E-state index contributed by atoms with van der Waals surface area (Å²) in [5, 5.41) is 0. The first kappa shape index (κ1) is 10.9. The van der Waals surface area contributed by atoms with E-state index in [0.29, 0.717) is 11.5 Å². The highest BCUT2D eigenvalue weighted by Crippen LogP contribution is 2.39. The zero-order valence-electron chi connectivity index (χ0n) is 9.16. The fourth-order valence-electron chi connectivity index (χ4n) is 1.90. The molecule has 1 heterocycles. The van der Waals surface area contributed by atoms with Crippen molar-refractivity contribution in [3.8, 4) is 11.1 Å². The molecule has 1 aromatic heterocycles. The lowest BCUT2D eigenvalue weighted by Gasteiger charge is -2.05. The number of hydrogen-bond donors (Lipinski definition) is 0. The second kappa shape index (κ2) is 4.22. The van der Waals surface area contributed by atoms with E-state index in [1.54, 1.807) is 18.3 Å². The van der Waals surface area contributed by atoms with Crippen LogP contribution in [0, 0.1) is 5.82 Å². The van der Waals surface area contributed by atoms with Gasteiger partial charge in [-0.2, -0.15) is 0 Å². The molecule has 2 aromatic rings. The molecular formula is C14H11BrFN. The fraction of sp³-hybridized carbons (Fsp3) is 0.214. The lowest BCUT2D eigenvalue weighted by molar-refractivity contribution is 0.631. The van der Waals surface area contributed by atoms with E-state index in [2.05, 4.69) is 20.9 Å². The predicted molar refractivity (Wildman–Crippen MR) is 69.3 cm³/mol. The Kier molecular flexibility index (Phi) is 2.71. The SMILES string of the molecule is Fc1ccc(Br)cc1-c1ccc(C2CC2)nc1. The van der Waals surface area contributed by atoms with Crippen LogP contribution in [0.25, 0.3) is 11.1 Å². The molecule has 1 nitrogen and oxygen atoms in total. The van der Waals surface area contributed by atoms with Gasteiger partial charge in [-0.15, -0.1) is 0 Å². The minimum absolute atomic E-state index is 0.214. The van der Waals surface area contributed by atoms with Crippen LogP contribution in [0.1, 0.15) is 24.5 Å². The Morgan fingerprint density at radius 3 is 2.65 bits per heavy atom. The zero-order valence-corrected chi connectivity index (χ0v) is 10.7. The van der Waals surface area contributed by atoms with Crippen LogP contribution in [-0.2, 0) is 0 Å². The third-order valence-corrected chi connectivity index (χ3v) is 3.51. The van der Waals surface area contributed by atoms with Crippen molar-refractivity contribution >= 4 is 15.9 Å². The minimum Gasteiger partial charge on any atom is -0.260 e. The molecule has 1 aromatic carbocycles. The van der Waals surface area contributed by atoms with E-state index in [9.17, 15) is 4.39 Å². The molecule has 1 saturated carbocycles. The summed E-state index contributed by atoms with van der Waals surface area (Å²) < 4.78 is 14.6. The first-order valence-corrected chi connectivity index (χ1v) is 6.45. The average Bonchev–Trinajstić information content (AvgIpc) is 3.17.